The maximum absolute atomic E-state index is 14.1. The lowest BCUT2D eigenvalue weighted by Crippen LogP contribution is -2.55. The van der Waals surface area contributed by atoms with Gasteiger partial charge in [-0.25, -0.2) is 13.2 Å². The number of aliphatic carboxylic acids is 1. The number of sulfonamides is 1. The second kappa shape index (κ2) is 17.4. The van der Waals surface area contributed by atoms with Gasteiger partial charge in [-0.05, 0) is 99.8 Å². The van der Waals surface area contributed by atoms with E-state index in [0.717, 1.165) is 32.3 Å². The number of benzene rings is 5. The van der Waals surface area contributed by atoms with E-state index >= 15 is 0 Å². The van der Waals surface area contributed by atoms with E-state index < -0.39 is 46.0 Å². The van der Waals surface area contributed by atoms with Crippen molar-refractivity contribution in [3.63, 3.8) is 0 Å². The van der Waals surface area contributed by atoms with E-state index in [1.54, 1.807) is 84.2 Å². The van der Waals surface area contributed by atoms with Crippen LogP contribution in [-0.2, 0) is 50.4 Å². The second-order valence-corrected chi connectivity index (χ2v) is 18.3. The van der Waals surface area contributed by atoms with E-state index in [1.807, 2.05) is 30.3 Å². The number of carbonyl (C=O) groups excluding carboxylic acids is 2. The number of rotatable bonds is 12. The van der Waals surface area contributed by atoms with Crippen LogP contribution < -0.4 is 20.1 Å². The molecule has 3 atom stereocenters. The number of anilines is 1. The summed E-state index contributed by atoms with van der Waals surface area (Å²) in [5.41, 5.74) is 5.77. The van der Waals surface area contributed by atoms with Crippen molar-refractivity contribution in [2.24, 2.45) is 0 Å². The molecule has 0 aliphatic carbocycles. The van der Waals surface area contributed by atoms with Gasteiger partial charge in [0.05, 0.1) is 27.4 Å². The Morgan fingerprint density at radius 2 is 1.64 bits per heavy atom. The molecule has 1 aromatic heterocycles. The van der Waals surface area contributed by atoms with Gasteiger partial charge in [-0.2, -0.15) is 9.57 Å². The third-order valence-corrected chi connectivity index (χ3v) is 14.4. The summed E-state index contributed by atoms with van der Waals surface area (Å²) in [6.45, 7) is 0.0244. The Kier molecular flexibility index (Phi) is 11.9. The molecule has 0 fully saturated rings. The molecule has 2 amide bonds. The number of nitrogens with one attached hydrogen (secondary N) is 2. The van der Waals surface area contributed by atoms with Crippen molar-refractivity contribution >= 4 is 68.0 Å². The zero-order chi connectivity index (χ0) is 42.8. The highest BCUT2D eigenvalue weighted by molar-refractivity contribution is 7.91. The zero-order valence-electron chi connectivity index (χ0n) is 31.9. The average Bonchev–Trinajstić information content (AvgIpc) is 3.82. The number of amides is 2. The fraction of sp³-hybridized carbons (Fsp3) is 0.156. The molecular formula is C45H34Cl2N4O8S2. The van der Waals surface area contributed by atoms with Gasteiger partial charge in [0.15, 0.2) is 0 Å². The van der Waals surface area contributed by atoms with Gasteiger partial charge in [0.2, 0.25) is 12.0 Å². The lowest BCUT2D eigenvalue weighted by molar-refractivity contribution is -0.142. The molecular weight excluding hydrogens is 860 g/mol. The van der Waals surface area contributed by atoms with Crippen LogP contribution >= 0.6 is 34.5 Å². The molecule has 5 aromatic carbocycles. The summed E-state index contributed by atoms with van der Waals surface area (Å²) in [6.07, 6.45) is -1.20. The number of carboxylic acid groups (broad SMARTS) is 1. The zero-order valence-corrected chi connectivity index (χ0v) is 35.0. The van der Waals surface area contributed by atoms with Crippen LogP contribution in [-0.4, -0.2) is 47.7 Å². The Balaban J connectivity index is 1.000. The minimum absolute atomic E-state index is 0.0248. The largest absolute Gasteiger partial charge is 0.489 e. The predicted molar refractivity (Wildman–Crippen MR) is 230 cm³/mol. The predicted octanol–water partition coefficient (Wildman–Crippen LogP) is 8.17. The van der Waals surface area contributed by atoms with Gasteiger partial charge in [0.25, 0.3) is 15.9 Å². The lowest BCUT2D eigenvalue weighted by Gasteiger charge is -2.36. The fourth-order valence-electron chi connectivity index (χ4n) is 7.20. The van der Waals surface area contributed by atoms with E-state index in [9.17, 15) is 27.9 Å². The van der Waals surface area contributed by atoms with Crippen LogP contribution in [0.1, 0.15) is 39.5 Å². The molecule has 2 aliphatic heterocycles. The maximum Gasteiger partial charge on any atom is 0.326 e. The highest BCUT2D eigenvalue weighted by atomic mass is 35.5. The molecule has 2 unspecified atom stereocenters. The summed E-state index contributed by atoms with van der Waals surface area (Å²) in [7, 11) is -4.23. The summed E-state index contributed by atoms with van der Waals surface area (Å²) in [6, 6.07) is 32.1. The normalized spacial score (nSPS) is 16.5. The Labute approximate surface area is 364 Å². The SMILES string of the molecule is N#Cc1ccc(-c2ccc(C[C@H](NC(=O)C3Cc4cc5c(cc4CN3S(=O)(=O)c3cccs3)OC(c3ccc(OCc4ccc(Cl)c(Cl)c4)cc3)C(=O)N5)C(=O)O)cc2)cc1. The molecule has 0 saturated carbocycles. The summed E-state index contributed by atoms with van der Waals surface area (Å²) in [4.78, 5) is 40.1. The van der Waals surface area contributed by atoms with Gasteiger partial charge in [0.1, 0.15) is 34.4 Å². The highest BCUT2D eigenvalue weighted by Gasteiger charge is 2.42. The Bertz CT molecular complexity index is 2800. The van der Waals surface area contributed by atoms with Crippen LogP contribution in [0.5, 0.6) is 11.5 Å². The highest BCUT2D eigenvalue weighted by Crippen LogP contribution is 2.41. The molecule has 0 bridgehead atoms. The fourth-order valence-corrected chi connectivity index (χ4v) is 10.2. The molecule has 6 aromatic rings. The number of ether oxygens (including phenoxy) is 2. The quantitative estimate of drug-likeness (QED) is 0.109. The van der Waals surface area contributed by atoms with Crippen LogP contribution in [0.25, 0.3) is 11.1 Å². The first-order valence-electron chi connectivity index (χ1n) is 18.8. The monoisotopic (exact) mass is 892 g/mol. The summed E-state index contributed by atoms with van der Waals surface area (Å²) >= 11 is 13.1. The van der Waals surface area contributed by atoms with Gasteiger partial charge in [-0.15, -0.1) is 11.3 Å². The molecule has 0 radical (unpaired) electrons. The Hall–Kier alpha value is -6.21. The van der Waals surface area contributed by atoms with Crippen molar-refractivity contribution in [3.8, 4) is 28.7 Å². The smallest absolute Gasteiger partial charge is 0.326 e. The van der Waals surface area contributed by atoms with Crippen LogP contribution in [0.3, 0.4) is 0 Å². The number of hydrogen-bond acceptors (Lipinski definition) is 9. The van der Waals surface area contributed by atoms with Crippen molar-refractivity contribution in [2.45, 2.75) is 48.4 Å². The van der Waals surface area contributed by atoms with Crippen LogP contribution in [0.4, 0.5) is 5.69 Å². The van der Waals surface area contributed by atoms with E-state index in [4.69, 9.17) is 37.9 Å². The van der Waals surface area contributed by atoms with E-state index in [-0.39, 0.29) is 30.2 Å². The van der Waals surface area contributed by atoms with Crippen LogP contribution in [0, 0.1) is 11.3 Å². The molecule has 0 saturated heterocycles. The molecule has 61 heavy (non-hydrogen) atoms. The van der Waals surface area contributed by atoms with Crippen LogP contribution in [0.2, 0.25) is 10.0 Å². The number of carbonyl (C=O) groups is 3. The van der Waals surface area contributed by atoms with Gasteiger partial charge < -0.3 is 25.2 Å². The lowest BCUT2D eigenvalue weighted by atomic mass is 9.93. The number of halogens is 2. The van der Waals surface area contributed by atoms with Crippen molar-refractivity contribution in [2.75, 3.05) is 5.32 Å². The minimum Gasteiger partial charge on any atom is -0.489 e. The van der Waals surface area contributed by atoms with Crippen molar-refractivity contribution < 1.29 is 37.4 Å². The van der Waals surface area contributed by atoms with Gasteiger partial charge in [-0.3, -0.25) is 9.59 Å². The minimum atomic E-state index is -4.23. The topological polar surface area (TPSA) is 175 Å². The summed E-state index contributed by atoms with van der Waals surface area (Å²) in [5.74, 6) is -1.64. The molecule has 3 heterocycles. The number of fused-ring (bicyclic) bond motifs is 2. The van der Waals surface area contributed by atoms with E-state index in [0.29, 0.717) is 55.0 Å². The Morgan fingerprint density at radius 3 is 2.30 bits per heavy atom. The maximum atomic E-state index is 14.1. The molecule has 12 nitrogen and oxygen atoms in total. The molecule has 16 heteroatoms. The van der Waals surface area contributed by atoms with E-state index in [1.165, 1.54) is 6.07 Å². The molecule has 8 rings (SSSR count). The first kappa shape index (κ1) is 41.5. The van der Waals surface area contributed by atoms with Crippen molar-refractivity contribution in [1.29, 1.82) is 5.26 Å². The molecule has 3 N–H and O–H groups in total. The average molecular weight is 894 g/mol. The Morgan fingerprint density at radius 1 is 0.934 bits per heavy atom. The standard InChI is InChI=1S/C45H34Cl2N4O8S2/c46-35-16-7-28(18-36(35)47)25-58-34-14-12-31(13-15-34)42-44(53)49-37-20-32-21-39(51(24-33(32)22-40(37)59-42)61(56,57)41-2-1-17-60-41)43(52)50-38(45(54)55)19-26-3-8-29(9-4-26)30-10-5-27(23-48)6-11-30/h1-18,20,22,38-39,42H,19,21,24-25H2,(H,49,53)(H,50,52)(H,54,55)/t38-,39?,42?/m0/s1. The van der Waals surface area contributed by atoms with Gasteiger partial charge in [0, 0.05) is 18.5 Å². The van der Waals surface area contributed by atoms with E-state index in [2.05, 4.69) is 16.7 Å². The number of thiophene rings is 1. The molecule has 2 aliphatic rings. The number of nitrogens with zero attached hydrogens (tertiary/aromatic N) is 2. The number of hydrogen-bond donors (Lipinski definition) is 3. The van der Waals surface area contributed by atoms with Crippen molar-refractivity contribution in [1.82, 2.24) is 9.62 Å². The first-order valence-corrected chi connectivity index (χ1v) is 21.9. The first-order chi connectivity index (χ1) is 29.4. The molecule has 0 spiro atoms. The molecule has 308 valence electrons. The number of carboxylic acids is 1. The summed E-state index contributed by atoms with van der Waals surface area (Å²) < 4.78 is 41.5. The second-order valence-electron chi connectivity index (χ2n) is 14.4. The summed E-state index contributed by atoms with van der Waals surface area (Å²) in [5, 5.41) is 27.3. The van der Waals surface area contributed by atoms with Gasteiger partial charge in [-0.1, -0.05) is 83.9 Å². The van der Waals surface area contributed by atoms with Crippen molar-refractivity contribution in [3.05, 3.63) is 164 Å². The third kappa shape index (κ3) is 8.97. The van der Waals surface area contributed by atoms with Gasteiger partial charge >= 0.3 is 5.97 Å². The third-order valence-electron chi connectivity index (χ3n) is 10.4. The number of nitriles is 1. The van der Waals surface area contributed by atoms with Crippen LogP contribution in [0.15, 0.2) is 125 Å².